The molecule has 1 heterocycles. The van der Waals surface area contributed by atoms with E-state index in [9.17, 15) is 2.74 Å². The highest BCUT2D eigenvalue weighted by Crippen LogP contribution is 2.48. The van der Waals surface area contributed by atoms with Crippen molar-refractivity contribution < 1.29 is 9.90 Å². The van der Waals surface area contributed by atoms with E-state index in [4.69, 9.17) is 7.16 Å². The van der Waals surface area contributed by atoms with Crippen molar-refractivity contribution >= 4 is 65.0 Å². The van der Waals surface area contributed by atoms with Gasteiger partial charge in [-0.1, -0.05) is 152 Å². The second-order valence-corrected chi connectivity index (χ2v) is 12.1. The van der Waals surface area contributed by atoms with Gasteiger partial charge >= 0.3 is 0 Å². The van der Waals surface area contributed by atoms with Gasteiger partial charge in [0.1, 0.15) is 11.2 Å². The van der Waals surface area contributed by atoms with Crippen LogP contribution >= 0.6 is 0 Å². The monoisotopic (exact) mass is 600 g/mol. The van der Waals surface area contributed by atoms with Gasteiger partial charge in [0.25, 0.3) is 0 Å². The van der Waals surface area contributed by atoms with Crippen LogP contribution in [0.5, 0.6) is 0 Å². The van der Waals surface area contributed by atoms with Crippen LogP contribution in [0.25, 0.3) is 98.4 Å². The second-order valence-electron chi connectivity index (χ2n) is 12.1. The Morgan fingerprint density at radius 1 is 0.404 bits per heavy atom. The van der Waals surface area contributed by atoms with Crippen molar-refractivity contribution in [3.63, 3.8) is 0 Å². The number of hydrogen-bond donors (Lipinski definition) is 0. The van der Waals surface area contributed by atoms with E-state index in [-0.39, 0.29) is 24.2 Å². The Labute approximate surface area is 277 Å². The predicted octanol–water partition coefficient (Wildman–Crippen LogP) is 13.2. The Morgan fingerprint density at radius 2 is 0.957 bits per heavy atom. The largest absolute Gasteiger partial charge is 0.455 e. The molecule has 10 rings (SSSR count). The highest BCUT2D eigenvalue weighted by molar-refractivity contribution is 6.27. The minimum atomic E-state index is -0.192. The molecular weight excluding hydrogens is 569 g/mol. The van der Waals surface area contributed by atoms with Crippen LogP contribution in [0.15, 0.2) is 174 Å². The zero-order valence-electron chi connectivity index (χ0n) is 29.3. The molecule has 1 aromatic heterocycles. The Morgan fingerprint density at radius 3 is 1.70 bits per heavy atom. The van der Waals surface area contributed by atoms with Gasteiger partial charge in [-0.25, -0.2) is 0 Å². The Hall–Kier alpha value is -6.18. The van der Waals surface area contributed by atoms with Crippen LogP contribution < -0.4 is 0 Å². The van der Waals surface area contributed by atoms with E-state index in [0.717, 1.165) is 81.7 Å². The van der Waals surface area contributed by atoms with E-state index in [1.165, 1.54) is 0 Å². The molecule has 0 saturated carbocycles. The quantitative estimate of drug-likeness (QED) is 0.184. The Balaban J connectivity index is 1.34. The summed E-state index contributed by atoms with van der Waals surface area (Å²) in [6, 6.07) is 48.6. The average molecular weight is 601 g/mol. The molecule has 0 saturated heterocycles. The number of fused-ring (bicyclic) bond motifs is 8. The molecule has 47 heavy (non-hydrogen) atoms. The summed E-state index contributed by atoms with van der Waals surface area (Å²) >= 11 is 0. The molecule has 0 spiro atoms. The van der Waals surface area contributed by atoms with Gasteiger partial charge in [0.15, 0.2) is 0 Å². The van der Waals surface area contributed by atoms with Gasteiger partial charge in [0.05, 0.1) is 5.48 Å². The summed E-state index contributed by atoms with van der Waals surface area (Å²) in [5.74, 6) is 0. The molecule has 0 N–H and O–H groups in total. The average Bonchev–Trinajstić information content (AvgIpc) is 3.57. The first-order valence-electron chi connectivity index (χ1n) is 17.9. The lowest BCUT2D eigenvalue weighted by molar-refractivity contribution is 0.673. The van der Waals surface area contributed by atoms with Crippen LogP contribution in [-0.2, 0) is 0 Å². The van der Waals surface area contributed by atoms with E-state index >= 15 is 0 Å². The van der Waals surface area contributed by atoms with Crippen molar-refractivity contribution in [1.29, 1.82) is 0 Å². The van der Waals surface area contributed by atoms with E-state index in [1.807, 2.05) is 91.0 Å². The molecule has 0 amide bonds. The van der Waals surface area contributed by atoms with E-state index < -0.39 is 0 Å². The van der Waals surface area contributed by atoms with Crippen molar-refractivity contribution in [2.75, 3.05) is 0 Å². The van der Waals surface area contributed by atoms with Crippen molar-refractivity contribution in [2.24, 2.45) is 0 Å². The molecule has 0 unspecified atom stereocenters. The maximum absolute atomic E-state index is 9.75. The number of rotatable bonds is 3. The van der Waals surface area contributed by atoms with E-state index in [1.54, 1.807) is 0 Å². The fraction of sp³-hybridized carbons (Fsp3) is 0. The molecular formula is C46H28O. The fourth-order valence-electron chi connectivity index (χ4n) is 7.50. The first kappa shape index (κ1) is 22.3. The lowest BCUT2D eigenvalue weighted by Gasteiger charge is -2.19. The summed E-state index contributed by atoms with van der Waals surface area (Å²) in [5.41, 5.74) is 5.91. The standard InChI is InChI=1S/C46H28O/c1-3-17-33-29(12-1)14-10-23-34(33)31-15-9-16-32(28-31)43-36-19-5-7-21-38(36)44(39-22-8-6-20-37(39)43)40-24-11-25-42-45(40)41-27-26-30-13-2-4-18-35(30)46(41)47-42/h1-28H/i9D,15D,16D,28D. The first-order chi connectivity index (χ1) is 25.0. The zero-order valence-corrected chi connectivity index (χ0v) is 25.3. The Kier molecular flexibility index (Phi) is 4.83. The maximum atomic E-state index is 9.75. The van der Waals surface area contributed by atoms with Gasteiger partial charge in [-0.05, 0) is 89.3 Å². The van der Waals surface area contributed by atoms with Crippen molar-refractivity contribution in [3.05, 3.63) is 170 Å². The minimum absolute atomic E-state index is 0.0789. The first-order valence-corrected chi connectivity index (χ1v) is 15.9. The highest BCUT2D eigenvalue weighted by atomic mass is 16.3. The molecule has 218 valence electrons. The molecule has 0 aliphatic rings. The van der Waals surface area contributed by atoms with Crippen LogP contribution in [0.3, 0.4) is 0 Å². The topological polar surface area (TPSA) is 13.1 Å². The molecule has 1 heteroatoms. The molecule has 0 aliphatic heterocycles. The molecule has 1 nitrogen and oxygen atoms in total. The van der Waals surface area contributed by atoms with Gasteiger partial charge in [-0.15, -0.1) is 0 Å². The summed E-state index contributed by atoms with van der Waals surface area (Å²) in [6.07, 6.45) is 0. The molecule has 0 radical (unpaired) electrons. The van der Waals surface area contributed by atoms with Gasteiger partial charge in [0.2, 0.25) is 0 Å². The number of furan rings is 1. The van der Waals surface area contributed by atoms with Gasteiger partial charge in [-0.2, -0.15) is 0 Å². The van der Waals surface area contributed by atoms with Crippen LogP contribution in [0.1, 0.15) is 5.48 Å². The van der Waals surface area contributed by atoms with Gasteiger partial charge < -0.3 is 4.42 Å². The summed E-state index contributed by atoms with van der Waals surface area (Å²) in [6.45, 7) is 0. The maximum Gasteiger partial charge on any atom is 0.143 e. The molecule has 0 fully saturated rings. The van der Waals surface area contributed by atoms with Crippen LogP contribution in [0, 0.1) is 0 Å². The lowest BCUT2D eigenvalue weighted by Crippen LogP contribution is -1.91. The minimum Gasteiger partial charge on any atom is -0.455 e. The smallest absolute Gasteiger partial charge is 0.143 e. The predicted molar refractivity (Wildman–Crippen MR) is 200 cm³/mol. The number of benzene rings is 9. The summed E-state index contributed by atoms with van der Waals surface area (Å²) in [4.78, 5) is 0. The third-order valence-electron chi connectivity index (χ3n) is 9.52. The SMILES string of the molecule is [2H]c1c([2H])c(-c2cccc3ccccc23)c([2H])c(-c2c3ccccc3c(-c3cccc4oc5c6ccccc6ccc5c34)c3ccccc23)c1[2H]. The molecule has 0 bridgehead atoms. The highest BCUT2D eigenvalue weighted by Gasteiger charge is 2.21. The number of hydrogen-bond acceptors (Lipinski definition) is 1. The summed E-state index contributed by atoms with van der Waals surface area (Å²) < 4.78 is 43.8. The van der Waals surface area contributed by atoms with Crippen molar-refractivity contribution in [2.45, 2.75) is 0 Å². The lowest BCUT2D eigenvalue weighted by atomic mass is 9.84. The van der Waals surface area contributed by atoms with Gasteiger partial charge in [-0.3, -0.25) is 0 Å². The molecule has 9 aromatic carbocycles. The molecule has 0 aliphatic carbocycles. The third-order valence-corrected chi connectivity index (χ3v) is 9.52. The molecule has 10 aromatic rings. The van der Waals surface area contributed by atoms with Crippen LogP contribution in [0.2, 0.25) is 0 Å². The second kappa shape index (κ2) is 10.2. The third kappa shape index (κ3) is 3.90. The van der Waals surface area contributed by atoms with Crippen LogP contribution in [0.4, 0.5) is 0 Å². The zero-order chi connectivity index (χ0) is 34.4. The normalized spacial score (nSPS) is 13.0. The van der Waals surface area contributed by atoms with Crippen molar-refractivity contribution in [3.8, 4) is 33.4 Å². The summed E-state index contributed by atoms with van der Waals surface area (Å²) in [5, 5.41) is 9.87. The van der Waals surface area contributed by atoms with Crippen LogP contribution in [-0.4, -0.2) is 0 Å². The molecule has 0 atom stereocenters. The van der Waals surface area contributed by atoms with Crippen molar-refractivity contribution in [1.82, 2.24) is 0 Å². The Bertz CT molecular complexity index is 3020. The summed E-state index contributed by atoms with van der Waals surface area (Å²) in [7, 11) is 0. The fourth-order valence-corrected chi connectivity index (χ4v) is 7.50. The van der Waals surface area contributed by atoms with Gasteiger partial charge in [0, 0.05) is 16.2 Å². The van der Waals surface area contributed by atoms with E-state index in [0.29, 0.717) is 16.7 Å². The van der Waals surface area contributed by atoms with E-state index in [2.05, 4.69) is 54.6 Å².